The number of nitrogens with zero attached hydrogens (tertiary/aromatic N) is 3. The van der Waals surface area contributed by atoms with E-state index in [4.69, 9.17) is 0 Å². The molecule has 0 fully saturated rings. The summed E-state index contributed by atoms with van der Waals surface area (Å²) in [6.07, 6.45) is 4.41. The third-order valence-electron chi connectivity index (χ3n) is 5.22. The summed E-state index contributed by atoms with van der Waals surface area (Å²) < 4.78 is 29.0. The molecular weight excluding hydrogens is 332 g/mol. The highest BCUT2D eigenvalue weighted by atomic mass is 19.2. The molecule has 2 heterocycles. The number of benzene rings is 2. The van der Waals surface area contributed by atoms with Gasteiger partial charge in [-0.2, -0.15) is 5.10 Å². The minimum absolute atomic E-state index is 0.0373. The van der Waals surface area contributed by atoms with E-state index in [9.17, 15) is 8.78 Å². The Morgan fingerprint density at radius 3 is 2.73 bits per heavy atom. The minimum Gasteiger partial charge on any atom is -0.250 e. The first-order valence-electron chi connectivity index (χ1n) is 8.47. The van der Waals surface area contributed by atoms with E-state index in [0.717, 1.165) is 38.9 Å². The van der Waals surface area contributed by atoms with Crippen LogP contribution in [0, 0.1) is 11.6 Å². The quantitative estimate of drug-likeness (QED) is 0.504. The zero-order valence-corrected chi connectivity index (χ0v) is 14.1. The highest BCUT2D eigenvalue weighted by molar-refractivity contribution is 5.96. The van der Waals surface area contributed by atoms with Gasteiger partial charge in [0.25, 0.3) is 0 Å². The molecule has 1 atom stereocenters. The summed E-state index contributed by atoms with van der Waals surface area (Å²) in [5.74, 6) is -1.67. The van der Waals surface area contributed by atoms with Gasteiger partial charge < -0.3 is 0 Å². The summed E-state index contributed by atoms with van der Waals surface area (Å²) in [6.45, 7) is 0. The van der Waals surface area contributed by atoms with E-state index in [1.165, 1.54) is 12.1 Å². The van der Waals surface area contributed by atoms with Crippen LogP contribution in [0.15, 0.2) is 54.9 Å². The second-order valence-corrected chi connectivity index (χ2v) is 6.68. The Morgan fingerprint density at radius 2 is 1.88 bits per heavy atom. The van der Waals surface area contributed by atoms with Crippen molar-refractivity contribution in [3.63, 3.8) is 0 Å². The maximum absolute atomic E-state index is 13.8. The average Bonchev–Trinajstić information content (AvgIpc) is 3.04. The Kier molecular flexibility index (Phi) is 3.19. The van der Waals surface area contributed by atoms with Crippen molar-refractivity contribution in [2.45, 2.75) is 12.3 Å². The van der Waals surface area contributed by atoms with E-state index in [2.05, 4.69) is 22.2 Å². The van der Waals surface area contributed by atoms with Gasteiger partial charge in [0.2, 0.25) is 0 Å². The molecule has 1 aliphatic rings. The van der Waals surface area contributed by atoms with Gasteiger partial charge in [-0.15, -0.1) is 0 Å². The molecule has 2 aromatic heterocycles. The number of aromatic nitrogens is 3. The molecule has 4 aromatic rings. The number of pyridine rings is 1. The van der Waals surface area contributed by atoms with Crippen LogP contribution in [0.1, 0.15) is 22.6 Å². The van der Waals surface area contributed by atoms with Crippen molar-refractivity contribution in [3.8, 4) is 11.1 Å². The van der Waals surface area contributed by atoms with Gasteiger partial charge in [0.1, 0.15) is 0 Å². The molecule has 3 nitrogen and oxygen atoms in total. The summed E-state index contributed by atoms with van der Waals surface area (Å²) in [4.78, 5) is 4.55. The number of fused-ring (bicyclic) bond motifs is 5. The predicted octanol–water partition coefficient (Wildman–Crippen LogP) is 4.60. The number of rotatable bonds is 1. The van der Waals surface area contributed by atoms with Crippen molar-refractivity contribution in [1.82, 2.24) is 14.8 Å². The molecular formula is C21H15F2N3. The molecule has 0 saturated heterocycles. The maximum atomic E-state index is 13.8. The van der Waals surface area contributed by atoms with Gasteiger partial charge in [-0.3, -0.25) is 4.68 Å². The van der Waals surface area contributed by atoms with Crippen molar-refractivity contribution < 1.29 is 8.78 Å². The summed E-state index contributed by atoms with van der Waals surface area (Å²) in [5, 5.41) is 5.35. The predicted molar refractivity (Wildman–Crippen MR) is 95.9 cm³/mol. The molecule has 0 spiro atoms. The van der Waals surface area contributed by atoms with Crippen molar-refractivity contribution in [2.24, 2.45) is 7.05 Å². The first-order valence-corrected chi connectivity index (χ1v) is 8.47. The standard InChI is InChI=1S/C21H15F2N3/c1-26-21-17(11-25-26)20-13(10-24-21)8-16(14-4-2-3-5-15(14)20)12-6-7-18(22)19(23)9-12/h2-7,9-11,16H,8H2,1H3. The van der Waals surface area contributed by atoms with Gasteiger partial charge in [0, 0.05) is 24.5 Å². The van der Waals surface area contributed by atoms with Crippen LogP contribution in [-0.4, -0.2) is 14.8 Å². The van der Waals surface area contributed by atoms with E-state index >= 15 is 0 Å². The van der Waals surface area contributed by atoms with Crippen molar-refractivity contribution in [3.05, 3.63) is 83.2 Å². The number of hydrogen-bond donors (Lipinski definition) is 0. The van der Waals surface area contributed by atoms with E-state index in [0.29, 0.717) is 6.42 Å². The average molecular weight is 347 g/mol. The maximum Gasteiger partial charge on any atom is 0.159 e. The molecule has 0 aliphatic heterocycles. The molecule has 0 saturated carbocycles. The third-order valence-corrected chi connectivity index (χ3v) is 5.22. The van der Waals surface area contributed by atoms with Crippen LogP contribution >= 0.6 is 0 Å². The Labute approximate surface area is 148 Å². The molecule has 5 rings (SSSR count). The first kappa shape index (κ1) is 15.2. The Balaban J connectivity index is 1.76. The van der Waals surface area contributed by atoms with Crippen molar-refractivity contribution >= 4 is 11.0 Å². The Morgan fingerprint density at radius 1 is 1.04 bits per heavy atom. The largest absolute Gasteiger partial charge is 0.250 e. The molecule has 128 valence electrons. The lowest BCUT2D eigenvalue weighted by Crippen LogP contribution is -2.14. The summed E-state index contributed by atoms with van der Waals surface area (Å²) in [7, 11) is 1.88. The highest BCUT2D eigenvalue weighted by Crippen LogP contribution is 2.45. The van der Waals surface area contributed by atoms with E-state index in [1.807, 2.05) is 31.6 Å². The third kappa shape index (κ3) is 2.10. The fraction of sp³-hybridized carbons (Fsp3) is 0.143. The van der Waals surface area contributed by atoms with Gasteiger partial charge >= 0.3 is 0 Å². The fourth-order valence-corrected chi connectivity index (χ4v) is 3.99. The minimum atomic E-state index is -0.822. The van der Waals surface area contributed by atoms with Crippen LogP contribution in [0.25, 0.3) is 22.2 Å². The zero-order valence-electron chi connectivity index (χ0n) is 14.1. The van der Waals surface area contributed by atoms with Gasteiger partial charge in [0.15, 0.2) is 17.3 Å². The lowest BCUT2D eigenvalue weighted by atomic mass is 9.75. The van der Waals surface area contributed by atoms with Gasteiger partial charge in [0.05, 0.1) is 6.20 Å². The summed E-state index contributed by atoms with van der Waals surface area (Å²) >= 11 is 0. The zero-order chi connectivity index (χ0) is 17.8. The van der Waals surface area contributed by atoms with Crippen LogP contribution in [-0.2, 0) is 13.5 Å². The summed E-state index contributed by atoms with van der Waals surface area (Å²) in [5.41, 5.74) is 6.06. The second kappa shape index (κ2) is 5.46. The Hall–Kier alpha value is -3.08. The summed E-state index contributed by atoms with van der Waals surface area (Å²) in [6, 6.07) is 12.3. The Bertz CT molecular complexity index is 1160. The molecule has 0 radical (unpaired) electrons. The van der Waals surface area contributed by atoms with Crippen molar-refractivity contribution in [2.75, 3.05) is 0 Å². The topological polar surface area (TPSA) is 30.7 Å². The van der Waals surface area contributed by atoms with Gasteiger partial charge in [-0.25, -0.2) is 13.8 Å². The molecule has 2 aromatic carbocycles. The van der Waals surface area contributed by atoms with Gasteiger partial charge in [-0.1, -0.05) is 30.3 Å². The lowest BCUT2D eigenvalue weighted by Gasteiger charge is -2.28. The molecule has 0 amide bonds. The fourth-order valence-electron chi connectivity index (χ4n) is 3.99. The molecule has 0 N–H and O–H groups in total. The molecule has 26 heavy (non-hydrogen) atoms. The second-order valence-electron chi connectivity index (χ2n) is 6.68. The highest BCUT2D eigenvalue weighted by Gasteiger charge is 2.28. The van der Waals surface area contributed by atoms with Crippen LogP contribution < -0.4 is 0 Å². The smallest absolute Gasteiger partial charge is 0.159 e. The number of aryl methyl sites for hydroxylation is 1. The monoisotopic (exact) mass is 347 g/mol. The number of halogens is 2. The molecule has 1 unspecified atom stereocenters. The van der Waals surface area contributed by atoms with E-state index < -0.39 is 11.6 Å². The first-order chi connectivity index (χ1) is 12.6. The van der Waals surface area contributed by atoms with E-state index in [1.54, 1.807) is 10.7 Å². The van der Waals surface area contributed by atoms with Crippen LogP contribution in [0.4, 0.5) is 8.78 Å². The normalized spacial score (nSPS) is 15.7. The SMILES string of the molecule is Cn1ncc2c3c(cnc21)CC(c1ccc(F)c(F)c1)c1ccccc1-3. The van der Waals surface area contributed by atoms with Crippen molar-refractivity contribution in [1.29, 1.82) is 0 Å². The number of hydrogen-bond acceptors (Lipinski definition) is 2. The molecule has 1 aliphatic carbocycles. The van der Waals surface area contributed by atoms with Crippen LogP contribution in [0.3, 0.4) is 0 Å². The van der Waals surface area contributed by atoms with E-state index in [-0.39, 0.29) is 5.92 Å². The van der Waals surface area contributed by atoms with Crippen LogP contribution in [0.5, 0.6) is 0 Å². The lowest BCUT2D eigenvalue weighted by molar-refractivity contribution is 0.506. The van der Waals surface area contributed by atoms with Gasteiger partial charge in [-0.05, 0) is 46.4 Å². The molecule has 0 bridgehead atoms. The molecule has 5 heteroatoms. The van der Waals surface area contributed by atoms with Crippen LogP contribution in [0.2, 0.25) is 0 Å².